The van der Waals surface area contributed by atoms with Crippen LogP contribution < -0.4 is 15.5 Å². The molecule has 2 amide bonds. The molecule has 0 saturated carbocycles. The van der Waals surface area contributed by atoms with Gasteiger partial charge >= 0.3 is 0 Å². The van der Waals surface area contributed by atoms with Gasteiger partial charge in [-0.3, -0.25) is 9.59 Å². The zero-order valence-corrected chi connectivity index (χ0v) is 14.2. The summed E-state index contributed by atoms with van der Waals surface area (Å²) in [5.41, 5.74) is 2.24. The minimum Gasteiger partial charge on any atom is -0.465 e. The quantitative estimate of drug-likeness (QED) is 0.902. The Hall–Kier alpha value is -2.76. The first kappa shape index (κ1) is 15.7. The Morgan fingerprint density at radius 1 is 1.32 bits per heavy atom. The summed E-state index contributed by atoms with van der Waals surface area (Å²) in [6.45, 7) is 3.09. The van der Waals surface area contributed by atoms with Gasteiger partial charge < -0.3 is 20.0 Å². The van der Waals surface area contributed by atoms with E-state index in [1.807, 2.05) is 31.2 Å². The third-order valence-corrected chi connectivity index (χ3v) is 4.85. The van der Waals surface area contributed by atoms with Gasteiger partial charge in [-0.25, -0.2) is 0 Å². The molecule has 0 bridgehead atoms. The van der Waals surface area contributed by atoms with Gasteiger partial charge in [-0.1, -0.05) is 0 Å². The van der Waals surface area contributed by atoms with E-state index in [1.54, 1.807) is 6.07 Å². The van der Waals surface area contributed by atoms with Gasteiger partial charge in [0.25, 0.3) is 5.91 Å². The second kappa shape index (κ2) is 6.27. The summed E-state index contributed by atoms with van der Waals surface area (Å²) in [6.07, 6.45) is 3.06. The van der Waals surface area contributed by atoms with Crippen LogP contribution in [0.2, 0.25) is 0 Å². The lowest BCUT2D eigenvalue weighted by molar-refractivity contribution is -0.118. The van der Waals surface area contributed by atoms with Crippen molar-refractivity contribution in [2.75, 3.05) is 16.8 Å². The molecule has 3 heterocycles. The van der Waals surface area contributed by atoms with Crippen molar-refractivity contribution in [3.05, 3.63) is 47.4 Å². The van der Waals surface area contributed by atoms with Crippen molar-refractivity contribution in [3.8, 4) is 0 Å². The number of nitrogens with one attached hydrogen (secondary N) is 2. The molecule has 6 nitrogen and oxygen atoms in total. The Morgan fingerprint density at radius 3 is 3.00 bits per heavy atom. The number of hydrogen-bond acceptors (Lipinski definition) is 4. The van der Waals surface area contributed by atoms with Crippen molar-refractivity contribution in [2.24, 2.45) is 0 Å². The van der Waals surface area contributed by atoms with Crippen molar-refractivity contribution < 1.29 is 14.0 Å². The number of carbonyl (C=O) groups excluding carboxylic acids is 2. The van der Waals surface area contributed by atoms with Gasteiger partial charge in [-0.15, -0.1) is 0 Å². The van der Waals surface area contributed by atoms with Gasteiger partial charge in [-0.05, 0) is 56.5 Å². The standard InChI is InChI=1S/C19H21N3O3/c1-12-5-7-14(25-12)11-20-18(23)13-6-8-16-15(10-13)21-19(24)17-4-2-3-9-22(16)17/h5-8,10,17H,2-4,9,11H2,1H3,(H,20,23)(H,21,24)/t17-/m1/s1. The molecular weight excluding hydrogens is 318 g/mol. The Bertz CT molecular complexity index is 827. The maximum absolute atomic E-state index is 12.4. The molecule has 4 rings (SSSR count). The summed E-state index contributed by atoms with van der Waals surface area (Å²) in [7, 11) is 0. The van der Waals surface area contributed by atoms with E-state index in [1.165, 1.54) is 0 Å². The van der Waals surface area contributed by atoms with Gasteiger partial charge in [0.05, 0.1) is 17.9 Å². The average molecular weight is 339 g/mol. The lowest BCUT2D eigenvalue weighted by Gasteiger charge is -2.41. The van der Waals surface area contributed by atoms with Crippen molar-refractivity contribution in [2.45, 2.75) is 38.8 Å². The van der Waals surface area contributed by atoms with E-state index >= 15 is 0 Å². The van der Waals surface area contributed by atoms with Crippen LogP contribution in [0, 0.1) is 6.92 Å². The zero-order valence-electron chi connectivity index (χ0n) is 14.2. The largest absolute Gasteiger partial charge is 0.465 e. The van der Waals surface area contributed by atoms with Crippen LogP contribution in [0.4, 0.5) is 11.4 Å². The smallest absolute Gasteiger partial charge is 0.251 e. The molecule has 2 N–H and O–H groups in total. The number of piperidine rings is 1. The number of hydrogen-bond donors (Lipinski definition) is 2. The first-order valence-electron chi connectivity index (χ1n) is 8.67. The molecule has 2 aliphatic rings. The number of rotatable bonds is 3. The molecule has 1 aromatic heterocycles. The van der Waals surface area contributed by atoms with E-state index in [2.05, 4.69) is 15.5 Å². The van der Waals surface area contributed by atoms with Crippen molar-refractivity contribution in [3.63, 3.8) is 0 Å². The van der Waals surface area contributed by atoms with E-state index < -0.39 is 0 Å². The molecule has 2 aromatic rings. The van der Waals surface area contributed by atoms with E-state index in [4.69, 9.17) is 4.42 Å². The van der Waals surface area contributed by atoms with Crippen LogP contribution in [-0.2, 0) is 11.3 Å². The highest BCUT2D eigenvalue weighted by Gasteiger charge is 2.34. The summed E-state index contributed by atoms with van der Waals surface area (Å²) in [5, 5.41) is 5.80. The molecule has 1 aromatic carbocycles. The highest BCUT2D eigenvalue weighted by atomic mass is 16.3. The van der Waals surface area contributed by atoms with Crippen LogP contribution >= 0.6 is 0 Å². The normalized spacial score (nSPS) is 19.0. The summed E-state index contributed by atoms with van der Waals surface area (Å²) >= 11 is 0. The fourth-order valence-corrected chi connectivity index (χ4v) is 3.59. The molecule has 25 heavy (non-hydrogen) atoms. The first-order chi connectivity index (χ1) is 12.1. The maximum Gasteiger partial charge on any atom is 0.251 e. The predicted molar refractivity (Wildman–Crippen MR) is 94.7 cm³/mol. The number of aryl methyl sites for hydroxylation is 1. The molecule has 1 atom stereocenters. The predicted octanol–water partition coefficient (Wildman–Crippen LogP) is 2.83. The molecule has 0 spiro atoms. The number of fused-ring (bicyclic) bond motifs is 3. The van der Waals surface area contributed by atoms with E-state index in [9.17, 15) is 9.59 Å². The van der Waals surface area contributed by atoms with Crippen molar-refractivity contribution in [1.29, 1.82) is 0 Å². The summed E-state index contributed by atoms with van der Waals surface area (Å²) in [4.78, 5) is 26.9. The van der Waals surface area contributed by atoms with Crippen LogP contribution in [0.25, 0.3) is 0 Å². The Balaban J connectivity index is 1.51. The molecule has 0 radical (unpaired) electrons. The van der Waals surface area contributed by atoms with Gasteiger partial charge in [0, 0.05) is 12.1 Å². The molecule has 0 aliphatic carbocycles. The highest BCUT2D eigenvalue weighted by molar-refractivity contribution is 6.05. The number of furan rings is 1. The topological polar surface area (TPSA) is 74.6 Å². The number of amides is 2. The number of anilines is 2. The second-order valence-electron chi connectivity index (χ2n) is 6.62. The summed E-state index contributed by atoms with van der Waals surface area (Å²) < 4.78 is 5.46. The van der Waals surface area contributed by atoms with Gasteiger partial charge in [0.2, 0.25) is 5.91 Å². The monoisotopic (exact) mass is 339 g/mol. The van der Waals surface area contributed by atoms with Crippen molar-refractivity contribution >= 4 is 23.2 Å². The molecule has 2 aliphatic heterocycles. The molecule has 130 valence electrons. The van der Waals surface area contributed by atoms with Crippen LogP contribution in [-0.4, -0.2) is 24.4 Å². The zero-order chi connectivity index (χ0) is 17.4. The number of carbonyl (C=O) groups is 2. The molecule has 0 unspecified atom stereocenters. The third kappa shape index (κ3) is 2.99. The van der Waals surface area contributed by atoms with Crippen LogP contribution in [0.3, 0.4) is 0 Å². The molecule has 6 heteroatoms. The first-order valence-corrected chi connectivity index (χ1v) is 8.67. The Labute approximate surface area is 146 Å². The summed E-state index contributed by atoms with van der Waals surface area (Å²) in [6, 6.07) is 9.12. The molecular formula is C19H21N3O3. The van der Waals surface area contributed by atoms with Crippen LogP contribution in [0.5, 0.6) is 0 Å². The average Bonchev–Trinajstić information content (AvgIpc) is 3.05. The number of nitrogens with zero attached hydrogens (tertiary/aromatic N) is 1. The fraction of sp³-hybridized carbons (Fsp3) is 0.368. The summed E-state index contributed by atoms with van der Waals surface area (Å²) in [5.74, 6) is 1.37. The van der Waals surface area contributed by atoms with Gasteiger partial charge in [0.15, 0.2) is 0 Å². The SMILES string of the molecule is Cc1ccc(CNC(=O)c2ccc3c(c2)NC(=O)[C@H]2CCCCN32)o1. The maximum atomic E-state index is 12.4. The van der Waals surface area contributed by atoms with E-state index in [-0.39, 0.29) is 17.9 Å². The van der Waals surface area contributed by atoms with Crippen molar-refractivity contribution in [1.82, 2.24) is 5.32 Å². The molecule has 1 saturated heterocycles. The van der Waals surface area contributed by atoms with E-state index in [0.717, 1.165) is 37.3 Å². The van der Waals surface area contributed by atoms with Crippen LogP contribution in [0.15, 0.2) is 34.7 Å². The number of benzene rings is 1. The second-order valence-corrected chi connectivity index (χ2v) is 6.62. The lowest BCUT2D eigenvalue weighted by atomic mass is 9.97. The Kier molecular flexibility index (Phi) is 3.95. The van der Waals surface area contributed by atoms with Crippen LogP contribution in [0.1, 0.15) is 41.1 Å². The molecule has 1 fully saturated rings. The third-order valence-electron chi connectivity index (χ3n) is 4.85. The van der Waals surface area contributed by atoms with E-state index in [0.29, 0.717) is 23.6 Å². The minimum absolute atomic E-state index is 0.0239. The minimum atomic E-state index is -0.188. The Morgan fingerprint density at radius 2 is 2.20 bits per heavy atom. The van der Waals surface area contributed by atoms with Gasteiger partial charge in [-0.2, -0.15) is 0 Å². The lowest BCUT2D eigenvalue weighted by Crippen LogP contribution is -2.50. The highest BCUT2D eigenvalue weighted by Crippen LogP contribution is 2.36. The fourth-order valence-electron chi connectivity index (χ4n) is 3.59. The van der Waals surface area contributed by atoms with Gasteiger partial charge in [0.1, 0.15) is 17.6 Å².